The first kappa shape index (κ1) is 21.2. The monoisotopic (exact) mass is 440 g/mol. The second-order valence-electron chi connectivity index (χ2n) is 7.61. The number of nitrogens with zero attached hydrogens (tertiary/aromatic N) is 3. The zero-order valence-corrected chi connectivity index (χ0v) is 18.1. The molecule has 4 rings (SSSR count). The quantitative estimate of drug-likeness (QED) is 0.588. The Bertz CT molecular complexity index is 1160. The van der Waals surface area contributed by atoms with Crippen molar-refractivity contribution >= 4 is 33.9 Å². The first-order chi connectivity index (χ1) is 15.0. The number of hydrogen-bond donors (Lipinski definition) is 1. The highest BCUT2D eigenvalue weighted by Gasteiger charge is 2.21. The summed E-state index contributed by atoms with van der Waals surface area (Å²) in [5, 5.41) is 7.92. The van der Waals surface area contributed by atoms with Crippen molar-refractivity contribution in [1.82, 2.24) is 14.6 Å². The summed E-state index contributed by atoms with van der Waals surface area (Å²) in [6, 6.07) is 8.00. The molecule has 1 saturated carbocycles. The lowest BCUT2D eigenvalue weighted by atomic mass is 9.88. The molecular weight excluding hydrogens is 416 g/mol. The third-order valence-corrected chi connectivity index (χ3v) is 6.39. The molecule has 1 N–H and O–H groups in total. The van der Waals surface area contributed by atoms with Crippen LogP contribution in [-0.2, 0) is 22.6 Å². The van der Waals surface area contributed by atoms with Crippen LogP contribution in [0.5, 0.6) is 0 Å². The van der Waals surface area contributed by atoms with Gasteiger partial charge in [-0.05, 0) is 37.5 Å². The van der Waals surface area contributed by atoms with Gasteiger partial charge in [0.25, 0.3) is 5.56 Å². The second-order valence-corrected chi connectivity index (χ2v) is 8.65. The maximum Gasteiger partial charge on any atom is 0.338 e. The van der Waals surface area contributed by atoms with Crippen molar-refractivity contribution < 1.29 is 14.3 Å². The van der Waals surface area contributed by atoms with Crippen LogP contribution >= 0.6 is 11.3 Å². The Kier molecular flexibility index (Phi) is 6.41. The minimum atomic E-state index is -0.547. The predicted octanol–water partition coefficient (Wildman–Crippen LogP) is 3.59. The van der Waals surface area contributed by atoms with E-state index in [4.69, 9.17) is 4.74 Å². The van der Waals surface area contributed by atoms with Crippen molar-refractivity contribution in [2.24, 2.45) is 5.92 Å². The Hall–Kier alpha value is -3.07. The third kappa shape index (κ3) is 4.99. The van der Waals surface area contributed by atoms with Crippen molar-refractivity contribution in [2.75, 3.05) is 5.32 Å². The topological polar surface area (TPSA) is 103 Å². The molecule has 1 fully saturated rings. The molecule has 1 aliphatic carbocycles. The molecule has 2 heterocycles. The van der Waals surface area contributed by atoms with E-state index >= 15 is 0 Å². The molecule has 0 spiro atoms. The van der Waals surface area contributed by atoms with Crippen molar-refractivity contribution in [2.45, 2.75) is 52.1 Å². The van der Waals surface area contributed by atoms with Crippen LogP contribution in [0.3, 0.4) is 0 Å². The van der Waals surface area contributed by atoms with Crippen LogP contribution in [0.2, 0.25) is 0 Å². The molecule has 1 aliphatic rings. The van der Waals surface area contributed by atoms with Gasteiger partial charge in [-0.15, -0.1) is 0 Å². The van der Waals surface area contributed by atoms with Crippen molar-refractivity contribution in [3.8, 4) is 0 Å². The van der Waals surface area contributed by atoms with E-state index < -0.39 is 5.97 Å². The number of hydrogen-bond acceptors (Lipinski definition) is 7. The standard InChI is InChI=1S/C22H24N4O4S/c1-2-18-25-26-19(27)12-17(24-22(26)31-18)13-30-21(29)15-9-6-10-16(11-15)23-20(28)14-7-4-3-5-8-14/h6,9-12,14H,2-5,7-8,13H2,1H3,(H,23,28). The number of anilines is 1. The fraction of sp³-hybridized carbons (Fsp3) is 0.409. The number of carbonyl (C=O) groups excluding carboxylic acids is 2. The van der Waals surface area contributed by atoms with Crippen molar-refractivity contribution in [1.29, 1.82) is 0 Å². The number of fused-ring (bicyclic) bond motifs is 1. The molecule has 0 saturated heterocycles. The van der Waals surface area contributed by atoms with Gasteiger partial charge in [0, 0.05) is 17.7 Å². The van der Waals surface area contributed by atoms with Crippen LogP contribution < -0.4 is 10.9 Å². The summed E-state index contributed by atoms with van der Waals surface area (Å²) in [7, 11) is 0. The Morgan fingerprint density at radius 1 is 1.23 bits per heavy atom. The van der Waals surface area contributed by atoms with Gasteiger partial charge in [0.05, 0.1) is 11.3 Å². The first-order valence-electron chi connectivity index (χ1n) is 10.5. The van der Waals surface area contributed by atoms with Crippen LogP contribution in [0.25, 0.3) is 4.96 Å². The molecule has 31 heavy (non-hydrogen) atoms. The van der Waals surface area contributed by atoms with Gasteiger partial charge in [-0.2, -0.15) is 9.61 Å². The summed E-state index contributed by atoms with van der Waals surface area (Å²) < 4.78 is 6.61. The van der Waals surface area contributed by atoms with E-state index in [1.807, 2.05) is 6.92 Å². The van der Waals surface area contributed by atoms with Crippen LogP contribution in [0.1, 0.15) is 60.1 Å². The van der Waals surface area contributed by atoms with E-state index in [9.17, 15) is 14.4 Å². The SMILES string of the molecule is CCc1nn2c(=O)cc(COC(=O)c3cccc(NC(=O)C4CCCCC4)c3)nc2s1. The lowest BCUT2D eigenvalue weighted by Crippen LogP contribution is -2.24. The van der Waals surface area contributed by atoms with Crippen LogP contribution in [-0.4, -0.2) is 26.5 Å². The lowest BCUT2D eigenvalue weighted by molar-refractivity contribution is -0.120. The largest absolute Gasteiger partial charge is 0.456 e. The highest BCUT2D eigenvalue weighted by Crippen LogP contribution is 2.25. The summed E-state index contributed by atoms with van der Waals surface area (Å²) in [6.07, 6.45) is 5.87. The van der Waals surface area contributed by atoms with E-state index in [1.165, 1.54) is 28.3 Å². The molecule has 3 aromatic rings. The number of nitrogens with one attached hydrogen (secondary N) is 1. The molecule has 9 heteroatoms. The molecular formula is C22H24N4O4S. The number of ether oxygens (including phenoxy) is 1. The average molecular weight is 441 g/mol. The summed E-state index contributed by atoms with van der Waals surface area (Å²) in [5.41, 5.74) is 0.954. The van der Waals surface area contributed by atoms with Crippen LogP contribution in [0.4, 0.5) is 5.69 Å². The summed E-state index contributed by atoms with van der Waals surface area (Å²) >= 11 is 1.34. The van der Waals surface area contributed by atoms with Gasteiger partial charge in [-0.25, -0.2) is 9.78 Å². The Morgan fingerprint density at radius 3 is 2.81 bits per heavy atom. The fourth-order valence-electron chi connectivity index (χ4n) is 3.67. The Morgan fingerprint density at radius 2 is 2.03 bits per heavy atom. The molecule has 2 aromatic heterocycles. The highest BCUT2D eigenvalue weighted by molar-refractivity contribution is 7.16. The average Bonchev–Trinajstić information content (AvgIpc) is 3.22. The molecule has 0 atom stereocenters. The summed E-state index contributed by atoms with van der Waals surface area (Å²) in [6.45, 7) is 1.83. The maximum atomic E-state index is 12.5. The second kappa shape index (κ2) is 9.38. The Labute approximate surface area is 183 Å². The Balaban J connectivity index is 1.40. The van der Waals surface area contributed by atoms with Crippen LogP contribution in [0, 0.1) is 5.92 Å². The van der Waals surface area contributed by atoms with Crippen LogP contribution in [0.15, 0.2) is 35.1 Å². The van der Waals surface area contributed by atoms with Gasteiger partial charge >= 0.3 is 5.97 Å². The van der Waals surface area contributed by atoms with E-state index in [2.05, 4.69) is 15.4 Å². The molecule has 0 bridgehead atoms. The number of carbonyl (C=O) groups is 2. The molecule has 162 valence electrons. The van der Waals surface area contributed by atoms with Crippen molar-refractivity contribution in [3.63, 3.8) is 0 Å². The van der Waals surface area contributed by atoms with Gasteiger partial charge in [-0.1, -0.05) is 43.6 Å². The maximum absolute atomic E-state index is 12.5. The molecule has 0 unspecified atom stereocenters. The molecule has 0 radical (unpaired) electrons. The molecule has 1 aromatic carbocycles. The number of amides is 1. The molecule has 1 amide bonds. The van der Waals surface area contributed by atoms with E-state index in [-0.39, 0.29) is 24.0 Å². The number of rotatable bonds is 6. The first-order valence-corrected chi connectivity index (χ1v) is 11.3. The van der Waals surface area contributed by atoms with Gasteiger partial charge in [0.15, 0.2) is 0 Å². The van der Waals surface area contributed by atoms with Crippen molar-refractivity contribution in [3.05, 3.63) is 57.0 Å². The number of aryl methyl sites for hydroxylation is 1. The van der Waals surface area contributed by atoms with E-state index in [0.29, 0.717) is 28.3 Å². The summed E-state index contributed by atoms with van der Waals surface area (Å²) in [4.78, 5) is 42.0. The minimum absolute atomic E-state index is 0.000740. The van der Waals surface area contributed by atoms with Gasteiger partial charge in [-0.3, -0.25) is 9.59 Å². The van der Waals surface area contributed by atoms with E-state index in [1.54, 1.807) is 24.3 Å². The van der Waals surface area contributed by atoms with Gasteiger partial charge in [0.1, 0.15) is 11.6 Å². The minimum Gasteiger partial charge on any atom is -0.456 e. The highest BCUT2D eigenvalue weighted by atomic mass is 32.1. The lowest BCUT2D eigenvalue weighted by Gasteiger charge is -2.20. The fourth-order valence-corrected chi connectivity index (χ4v) is 4.53. The smallest absolute Gasteiger partial charge is 0.338 e. The zero-order valence-electron chi connectivity index (χ0n) is 17.3. The third-order valence-electron chi connectivity index (χ3n) is 5.34. The molecule has 0 aliphatic heterocycles. The number of aromatic nitrogens is 3. The number of esters is 1. The van der Waals surface area contributed by atoms with E-state index in [0.717, 1.165) is 30.7 Å². The normalized spacial score (nSPS) is 14.5. The summed E-state index contributed by atoms with van der Waals surface area (Å²) in [5.74, 6) is -0.516. The van der Waals surface area contributed by atoms with Gasteiger partial charge < -0.3 is 10.1 Å². The van der Waals surface area contributed by atoms with Gasteiger partial charge in [0.2, 0.25) is 10.9 Å². The number of benzene rings is 1. The zero-order chi connectivity index (χ0) is 21.8. The predicted molar refractivity (Wildman–Crippen MR) is 117 cm³/mol. The molecule has 8 nitrogen and oxygen atoms in total.